The molecule has 1 atom stereocenters. The van der Waals surface area contributed by atoms with E-state index in [9.17, 15) is 5.11 Å². The van der Waals surface area contributed by atoms with Gasteiger partial charge in [-0.15, -0.1) is 6.58 Å². The second-order valence-electron chi connectivity index (χ2n) is 4.16. The lowest BCUT2D eigenvalue weighted by molar-refractivity contribution is 0.0388. The highest BCUT2D eigenvalue weighted by molar-refractivity contribution is 6.83. The predicted molar refractivity (Wildman–Crippen MR) is 50.2 cm³/mol. The van der Waals surface area contributed by atoms with Crippen LogP contribution < -0.4 is 0 Å². The van der Waals surface area contributed by atoms with Crippen LogP contribution in [0.3, 0.4) is 0 Å². The van der Waals surface area contributed by atoms with Gasteiger partial charge in [0.2, 0.25) is 0 Å². The highest BCUT2D eigenvalue weighted by Crippen LogP contribution is 2.23. The Labute approximate surface area is 69.6 Å². The second kappa shape index (κ2) is 3.09. The number of hydrogen-bond acceptors (Lipinski definition) is 2. The summed E-state index contributed by atoms with van der Waals surface area (Å²) in [4.78, 5) is 0. The Bertz CT molecular complexity index is 156. The molecule has 0 amide bonds. The van der Waals surface area contributed by atoms with Gasteiger partial charge in [-0.3, -0.25) is 0 Å². The molecule has 0 aromatic heterocycles. The quantitative estimate of drug-likeness (QED) is 0.630. The van der Waals surface area contributed by atoms with E-state index < -0.39 is 13.7 Å². The molecule has 0 bridgehead atoms. The van der Waals surface area contributed by atoms with Crippen molar-refractivity contribution in [1.82, 2.24) is 0 Å². The summed E-state index contributed by atoms with van der Waals surface area (Å²) in [5.41, 5.74) is -1.09. The molecule has 1 unspecified atom stereocenters. The fourth-order valence-corrected chi connectivity index (χ4v) is 2.60. The van der Waals surface area contributed by atoms with E-state index in [1.807, 2.05) is 0 Å². The summed E-state index contributed by atoms with van der Waals surface area (Å²) in [6.07, 6.45) is 0. The Morgan fingerprint density at radius 2 is 1.82 bits per heavy atom. The number of hydrogen-bond donors (Lipinski definition) is 2. The Balaban J connectivity index is 4.50. The first-order valence-corrected chi connectivity index (χ1v) is 7.25. The summed E-state index contributed by atoms with van der Waals surface area (Å²) >= 11 is 0. The van der Waals surface area contributed by atoms with Crippen LogP contribution in [-0.2, 0) is 0 Å². The molecule has 0 radical (unpaired) electrons. The van der Waals surface area contributed by atoms with Crippen molar-refractivity contribution in [1.29, 1.82) is 0 Å². The van der Waals surface area contributed by atoms with Crippen LogP contribution in [0.15, 0.2) is 11.8 Å². The Morgan fingerprint density at radius 3 is 1.91 bits per heavy atom. The third-order valence-corrected chi connectivity index (χ3v) is 4.21. The van der Waals surface area contributed by atoms with Crippen molar-refractivity contribution < 1.29 is 10.2 Å². The molecule has 0 aliphatic rings. The molecule has 0 aromatic rings. The van der Waals surface area contributed by atoms with E-state index in [1.54, 1.807) is 6.92 Å². The first kappa shape index (κ1) is 10.9. The molecule has 2 N–H and O–H groups in total. The third kappa shape index (κ3) is 2.77. The smallest absolute Gasteiger partial charge is 0.102 e. The van der Waals surface area contributed by atoms with Crippen molar-refractivity contribution in [3.05, 3.63) is 11.8 Å². The van der Waals surface area contributed by atoms with Gasteiger partial charge in [0.15, 0.2) is 0 Å². The largest absolute Gasteiger partial charge is 0.393 e. The zero-order valence-corrected chi connectivity index (χ0v) is 8.81. The van der Waals surface area contributed by atoms with E-state index in [0.717, 1.165) is 5.20 Å². The lowest BCUT2D eigenvalue weighted by atomic mass is 10.1. The summed E-state index contributed by atoms with van der Waals surface area (Å²) in [5, 5.41) is 19.3. The van der Waals surface area contributed by atoms with E-state index in [4.69, 9.17) is 5.11 Å². The molecular weight excluding hydrogens is 156 g/mol. The van der Waals surface area contributed by atoms with Crippen molar-refractivity contribution >= 4 is 8.07 Å². The maximum Gasteiger partial charge on any atom is 0.102 e. The zero-order chi connectivity index (χ0) is 9.28. The van der Waals surface area contributed by atoms with E-state index in [1.165, 1.54) is 0 Å². The molecule has 0 fully saturated rings. The van der Waals surface area contributed by atoms with Crippen molar-refractivity contribution in [2.45, 2.75) is 32.2 Å². The van der Waals surface area contributed by atoms with E-state index >= 15 is 0 Å². The molecule has 0 aliphatic carbocycles. The predicted octanol–water partition coefficient (Wildman–Crippen LogP) is 1.16. The standard InChI is InChI=1S/C8H18O2Si/c1-7(11(3,4)5)8(2,10)6-9/h9-10H,1,6H2,2-5H3. The summed E-state index contributed by atoms with van der Waals surface area (Å²) in [6, 6.07) is 0. The molecule has 0 spiro atoms. The highest BCUT2D eigenvalue weighted by Gasteiger charge is 2.32. The maximum atomic E-state index is 9.61. The summed E-state index contributed by atoms with van der Waals surface area (Å²) in [6.45, 7) is 11.5. The van der Waals surface area contributed by atoms with Gasteiger partial charge in [0, 0.05) is 0 Å². The number of aliphatic hydroxyl groups is 2. The molecule has 3 heteroatoms. The van der Waals surface area contributed by atoms with Gasteiger partial charge >= 0.3 is 0 Å². The van der Waals surface area contributed by atoms with Crippen molar-refractivity contribution in [3.8, 4) is 0 Å². The van der Waals surface area contributed by atoms with E-state index in [2.05, 4.69) is 26.2 Å². The topological polar surface area (TPSA) is 40.5 Å². The zero-order valence-electron chi connectivity index (χ0n) is 7.81. The average Bonchev–Trinajstić information content (AvgIpc) is 1.84. The van der Waals surface area contributed by atoms with Crippen molar-refractivity contribution in [2.75, 3.05) is 6.61 Å². The lowest BCUT2D eigenvalue weighted by Gasteiger charge is -2.31. The van der Waals surface area contributed by atoms with Crippen molar-refractivity contribution in [3.63, 3.8) is 0 Å². The molecule has 0 aromatic carbocycles. The normalized spacial score (nSPS) is 17.6. The number of rotatable bonds is 3. The molecule has 11 heavy (non-hydrogen) atoms. The summed E-state index contributed by atoms with van der Waals surface area (Å²) < 4.78 is 0. The first-order chi connectivity index (χ1) is 4.72. The summed E-state index contributed by atoms with van der Waals surface area (Å²) in [7, 11) is -1.52. The molecule has 66 valence electrons. The van der Waals surface area contributed by atoms with Crippen molar-refractivity contribution in [2.24, 2.45) is 0 Å². The van der Waals surface area contributed by atoms with E-state index in [0.29, 0.717) is 0 Å². The van der Waals surface area contributed by atoms with Crippen LogP contribution in [0.4, 0.5) is 0 Å². The van der Waals surface area contributed by atoms with Gasteiger partial charge in [0.05, 0.1) is 14.7 Å². The Hall–Kier alpha value is -0.123. The molecule has 0 rings (SSSR count). The maximum absolute atomic E-state index is 9.61. The fourth-order valence-electron chi connectivity index (χ4n) is 0.903. The molecule has 2 nitrogen and oxygen atoms in total. The van der Waals surface area contributed by atoms with Gasteiger partial charge in [-0.1, -0.05) is 24.8 Å². The molecule has 0 saturated heterocycles. The van der Waals surface area contributed by atoms with Gasteiger partial charge in [0.1, 0.15) is 5.60 Å². The van der Waals surface area contributed by atoms with Crippen LogP contribution in [0.25, 0.3) is 0 Å². The lowest BCUT2D eigenvalue weighted by Crippen LogP contribution is -2.42. The van der Waals surface area contributed by atoms with Gasteiger partial charge in [0.25, 0.3) is 0 Å². The van der Waals surface area contributed by atoms with Gasteiger partial charge in [-0.05, 0) is 6.92 Å². The van der Waals surface area contributed by atoms with Crippen LogP contribution in [0.2, 0.25) is 19.6 Å². The Kier molecular flexibility index (Phi) is 3.05. The van der Waals surface area contributed by atoms with Gasteiger partial charge < -0.3 is 10.2 Å². The van der Waals surface area contributed by atoms with Crippen LogP contribution >= 0.6 is 0 Å². The third-order valence-electron chi connectivity index (χ3n) is 1.86. The monoisotopic (exact) mass is 174 g/mol. The van der Waals surface area contributed by atoms with Crippen LogP contribution in [0.5, 0.6) is 0 Å². The summed E-state index contributed by atoms with van der Waals surface area (Å²) in [5.74, 6) is 0. The number of aliphatic hydroxyl groups excluding tert-OH is 1. The minimum absolute atomic E-state index is 0.240. The molecule has 0 saturated carbocycles. The fraction of sp³-hybridized carbons (Fsp3) is 0.750. The van der Waals surface area contributed by atoms with Crippen LogP contribution in [-0.4, -0.2) is 30.5 Å². The minimum atomic E-state index is -1.52. The molecule has 0 heterocycles. The molecule has 0 aliphatic heterocycles. The average molecular weight is 174 g/mol. The highest BCUT2D eigenvalue weighted by atomic mass is 28.3. The van der Waals surface area contributed by atoms with Crippen LogP contribution in [0.1, 0.15) is 6.92 Å². The second-order valence-corrected chi connectivity index (χ2v) is 9.26. The van der Waals surface area contributed by atoms with Gasteiger partial charge in [-0.25, -0.2) is 0 Å². The van der Waals surface area contributed by atoms with E-state index in [-0.39, 0.29) is 6.61 Å². The Morgan fingerprint density at radius 1 is 1.45 bits per heavy atom. The molecular formula is C8H18O2Si. The van der Waals surface area contributed by atoms with Crippen LogP contribution in [0, 0.1) is 0 Å². The first-order valence-electron chi connectivity index (χ1n) is 3.75. The van der Waals surface area contributed by atoms with Gasteiger partial charge in [-0.2, -0.15) is 0 Å². The minimum Gasteiger partial charge on any atom is -0.393 e. The SMILES string of the molecule is C=C(C(C)(O)CO)[Si](C)(C)C.